The van der Waals surface area contributed by atoms with Crippen molar-refractivity contribution in [1.82, 2.24) is 0 Å². The van der Waals surface area contributed by atoms with Crippen LogP contribution in [0.3, 0.4) is 0 Å². The summed E-state index contributed by atoms with van der Waals surface area (Å²) in [5.41, 5.74) is 1.30. The summed E-state index contributed by atoms with van der Waals surface area (Å²) in [4.78, 5) is 0. The first-order valence-electron chi connectivity index (χ1n) is 5.72. The maximum Gasteiger partial charge on any atom is 0.122 e. The van der Waals surface area contributed by atoms with E-state index in [9.17, 15) is 0 Å². The molecule has 1 aliphatic heterocycles. The second-order valence-electron chi connectivity index (χ2n) is 3.89. The summed E-state index contributed by atoms with van der Waals surface area (Å²) in [6.07, 6.45) is 3.39. The van der Waals surface area contributed by atoms with Crippen molar-refractivity contribution in [2.24, 2.45) is 0 Å². The second-order valence-corrected chi connectivity index (χ2v) is 3.89. The highest BCUT2D eigenvalue weighted by Gasteiger charge is 2.15. The van der Waals surface area contributed by atoms with E-state index in [-0.39, 0.29) is 0 Å². The van der Waals surface area contributed by atoms with Crippen molar-refractivity contribution in [2.45, 2.75) is 32.3 Å². The van der Waals surface area contributed by atoms with E-state index in [1.807, 2.05) is 6.07 Å². The Morgan fingerprint density at radius 1 is 1.27 bits per heavy atom. The van der Waals surface area contributed by atoms with Gasteiger partial charge in [0.1, 0.15) is 11.9 Å². The smallest absolute Gasteiger partial charge is 0.122 e. The van der Waals surface area contributed by atoms with Crippen LogP contribution < -0.4 is 4.74 Å². The van der Waals surface area contributed by atoms with Crippen LogP contribution in [0.2, 0.25) is 0 Å². The number of hydrogen-bond donors (Lipinski definition) is 0. The van der Waals surface area contributed by atoms with Crippen molar-refractivity contribution < 1.29 is 9.47 Å². The van der Waals surface area contributed by atoms with Gasteiger partial charge < -0.3 is 9.47 Å². The Hall–Kier alpha value is -1.02. The zero-order valence-electron chi connectivity index (χ0n) is 9.24. The number of aryl methyl sites for hydroxylation is 1. The van der Waals surface area contributed by atoms with Gasteiger partial charge in [-0.2, -0.15) is 0 Å². The molecular weight excluding hydrogens is 188 g/mol. The molecule has 2 rings (SSSR count). The van der Waals surface area contributed by atoms with Crippen molar-refractivity contribution in [3.63, 3.8) is 0 Å². The molecule has 0 unspecified atom stereocenters. The summed E-state index contributed by atoms with van der Waals surface area (Å²) in [6.45, 7) is 3.82. The van der Waals surface area contributed by atoms with Gasteiger partial charge in [-0.15, -0.1) is 0 Å². The fourth-order valence-corrected chi connectivity index (χ4v) is 1.88. The third-order valence-electron chi connectivity index (χ3n) is 2.82. The minimum atomic E-state index is 0.339. The van der Waals surface area contributed by atoms with Crippen LogP contribution in [0.15, 0.2) is 24.3 Å². The van der Waals surface area contributed by atoms with E-state index >= 15 is 0 Å². The van der Waals surface area contributed by atoms with E-state index < -0.39 is 0 Å². The van der Waals surface area contributed by atoms with Gasteiger partial charge in [-0.05, 0) is 18.1 Å². The maximum absolute atomic E-state index is 6.00. The van der Waals surface area contributed by atoms with Gasteiger partial charge in [-0.3, -0.25) is 0 Å². The van der Waals surface area contributed by atoms with Gasteiger partial charge in [0.25, 0.3) is 0 Å². The molecule has 0 aromatic heterocycles. The van der Waals surface area contributed by atoms with Gasteiger partial charge in [0.15, 0.2) is 0 Å². The third-order valence-corrected chi connectivity index (χ3v) is 2.82. The predicted molar refractivity (Wildman–Crippen MR) is 60.3 cm³/mol. The summed E-state index contributed by atoms with van der Waals surface area (Å²) in [6, 6.07) is 8.30. The molecule has 0 bridgehead atoms. The van der Waals surface area contributed by atoms with Crippen molar-refractivity contribution in [2.75, 3.05) is 13.2 Å². The van der Waals surface area contributed by atoms with Crippen LogP contribution in [-0.4, -0.2) is 19.3 Å². The van der Waals surface area contributed by atoms with Crippen molar-refractivity contribution >= 4 is 0 Å². The lowest BCUT2D eigenvalue weighted by Gasteiger charge is -2.24. The maximum atomic E-state index is 6.00. The van der Waals surface area contributed by atoms with Crippen LogP contribution in [0.1, 0.15) is 25.3 Å². The van der Waals surface area contributed by atoms with Gasteiger partial charge in [0.2, 0.25) is 0 Å². The minimum Gasteiger partial charge on any atom is -0.490 e. The van der Waals surface area contributed by atoms with E-state index in [0.717, 1.165) is 38.2 Å². The average Bonchev–Trinajstić information content (AvgIpc) is 2.31. The Bertz CT molecular complexity index is 303. The quantitative estimate of drug-likeness (QED) is 0.757. The predicted octanol–water partition coefficient (Wildman–Crippen LogP) is 2.81. The van der Waals surface area contributed by atoms with E-state index in [2.05, 4.69) is 25.1 Å². The van der Waals surface area contributed by atoms with Crippen LogP contribution in [0.25, 0.3) is 0 Å². The molecule has 0 aliphatic carbocycles. The molecule has 15 heavy (non-hydrogen) atoms. The summed E-state index contributed by atoms with van der Waals surface area (Å²) >= 11 is 0. The molecule has 2 heteroatoms. The van der Waals surface area contributed by atoms with Crippen molar-refractivity contribution in [3.05, 3.63) is 29.8 Å². The molecule has 1 fully saturated rings. The van der Waals surface area contributed by atoms with Gasteiger partial charge in [-0.1, -0.05) is 25.1 Å². The first-order valence-corrected chi connectivity index (χ1v) is 5.72. The van der Waals surface area contributed by atoms with Crippen LogP contribution >= 0.6 is 0 Å². The van der Waals surface area contributed by atoms with E-state index in [1.165, 1.54) is 5.56 Å². The minimum absolute atomic E-state index is 0.339. The van der Waals surface area contributed by atoms with E-state index in [1.54, 1.807) is 0 Å². The van der Waals surface area contributed by atoms with Crippen molar-refractivity contribution in [1.29, 1.82) is 0 Å². The van der Waals surface area contributed by atoms with E-state index in [0.29, 0.717) is 6.10 Å². The highest BCUT2D eigenvalue weighted by molar-refractivity contribution is 5.33. The van der Waals surface area contributed by atoms with Crippen LogP contribution in [0.5, 0.6) is 5.75 Å². The lowest BCUT2D eigenvalue weighted by Crippen LogP contribution is -2.26. The number of hydrogen-bond acceptors (Lipinski definition) is 2. The number of rotatable bonds is 3. The number of benzene rings is 1. The highest BCUT2D eigenvalue weighted by atomic mass is 16.5. The Kier molecular flexibility index (Phi) is 3.62. The SMILES string of the molecule is CCc1ccccc1OC1CCOCC1. The summed E-state index contributed by atoms with van der Waals surface area (Å²) < 4.78 is 11.3. The molecule has 0 saturated carbocycles. The first-order chi connectivity index (χ1) is 7.40. The monoisotopic (exact) mass is 206 g/mol. The van der Waals surface area contributed by atoms with Crippen LogP contribution in [0, 0.1) is 0 Å². The molecule has 0 spiro atoms. The zero-order chi connectivity index (χ0) is 10.5. The van der Waals surface area contributed by atoms with Crippen LogP contribution in [0.4, 0.5) is 0 Å². The molecule has 1 saturated heterocycles. The van der Waals surface area contributed by atoms with Gasteiger partial charge >= 0.3 is 0 Å². The molecule has 1 aliphatic rings. The lowest BCUT2D eigenvalue weighted by molar-refractivity contribution is 0.0252. The summed E-state index contributed by atoms with van der Waals surface area (Å²) in [5.74, 6) is 1.05. The first kappa shape index (κ1) is 10.5. The third kappa shape index (κ3) is 2.72. The molecule has 1 heterocycles. The highest BCUT2D eigenvalue weighted by Crippen LogP contribution is 2.22. The Balaban J connectivity index is 2.02. The summed E-state index contributed by atoms with van der Waals surface area (Å²) in [7, 11) is 0. The van der Waals surface area contributed by atoms with Crippen LogP contribution in [-0.2, 0) is 11.2 Å². The summed E-state index contributed by atoms with van der Waals surface area (Å²) in [5, 5.41) is 0. The molecule has 1 aromatic carbocycles. The molecule has 0 amide bonds. The molecule has 0 N–H and O–H groups in total. The lowest BCUT2D eigenvalue weighted by atomic mass is 10.1. The largest absolute Gasteiger partial charge is 0.490 e. The number of para-hydroxylation sites is 1. The molecular formula is C13H18O2. The second kappa shape index (κ2) is 5.17. The normalized spacial score (nSPS) is 17.7. The Morgan fingerprint density at radius 2 is 2.00 bits per heavy atom. The fraction of sp³-hybridized carbons (Fsp3) is 0.538. The average molecular weight is 206 g/mol. The molecule has 0 atom stereocenters. The van der Waals surface area contributed by atoms with Gasteiger partial charge in [-0.25, -0.2) is 0 Å². The molecule has 1 aromatic rings. The number of ether oxygens (including phenoxy) is 2. The standard InChI is InChI=1S/C13H18O2/c1-2-11-5-3-4-6-13(11)15-12-7-9-14-10-8-12/h3-6,12H,2,7-10H2,1H3. The Labute approximate surface area is 91.2 Å². The topological polar surface area (TPSA) is 18.5 Å². The van der Waals surface area contributed by atoms with E-state index in [4.69, 9.17) is 9.47 Å². The molecule has 82 valence electrons. The fourth-order valence-electron chi connectivity index (χ4n) is 1.88. The van der Waals surface area contributed by atoms with Crippen molar-refractivity contribution in [3.8, 4) is 5.75 Å². The molecule has 0 radical (unpaired) electrons. The zero-order valence-corrected chi connectivity index (χ0v) is 9.24. The van der Waals surface area contributed by atoms with Gasteiger partial charge in [0.05, 0.1) is 13.2 Å². The molecule has 2 nitrogen and oxygen atoms in total. The Morgan fingerprint density at radius 3 is 2.73 bits per heavy atom. The van der Waals surface area contributed by atoms with Gasteiger partial charge in [0, 0.05) is 12.8 Å².